The van der Waals surface area contributed by atoms with Gasteiger partial charge in [0.05, 0.1) is 0 Å². The smallest absolute Gasteiger partial charge is 0.0471 e. The zero-order chi connectivity index (χ0) is 14.7. The van der Waals surface area contributed by atoms with Gasteiger partial charge in [-0.05, 0) is 44.4 Å². The van der Waals surface area contributed by atoms with Gasteiger partial charge in [-0.25, -0.2) is 0 Å². The van der Waals surface area contributed by atoms with Gasteiger partial charge < -0.3 is 5.73 Å². The van der Waals surface area contributed by atoms with Crippen LogP contribution in [0.2, 0.25) is 0 Å². The molecule has 0 aliphatic carbocycles. The summed E-state index contributed by atoms with van der Waals surface area (Å²) < 4.78 is 0. The van der Waals surface area contributed by atoms with Gasteiger partial charge >= 0.3 is 0 Å². The van der Waals surface area contributed by atoms with Crippen molar-refractivity contribution < 1.29 is 0 Å². The second-order valence-corrected chi connectivity index (χ2v) is 6.26. The molecule has 1 heterocycles. The van der Waals surface area contributed by atoms with E-state index in [9.17, 15) is 0 Å². The summed E-state index contributed by atoms with van der Waals surface area (Å²) in [5, 5.41) is 0. The molecule has 20 heavy (non-hydrogen) atoms. The van der Waals surface area contributed by atoms with E-state index in [4.69, 9.17) is 5.73 Å². The van der Waals surface area contributed by atoms with E-state index < -0.39 is 0 Å². The molecule has 112 valence electrons. The number of hydrogen-bond donors (Lipinski definition) is 1. The molecule has 1 saturated heterocycles. The fourth-order valence-corrected chi connectivity index (χ4v) is 3.03. The highest BCUT2D eigenvalue weighted by atomic mass is 15.3. The minimum absolute atomic E-state index is 0.364. The maximum Gasteiger partial charge on any atom is 0.0471 e. The zero-order valence-corrected chi connectivity index (χ0v) is 13.4. The molecule has 2 N–H and O–H groups in total. The van der Waals surface area contributed by atoms with Gasteiger partial charge in [-0.3, -0.25) is 9.80 Å². The predicted molar refractivity (Wildman–Crippen MR) is 86.0 cm³/mol. The zero-order valence-electron chi connectivity index (χ0n) is 13.4. The van der Waals surface area contributed by atoms with Crippen molar-refractivity contribution in [2.45, 2.75) is 39.8 Å². The third kappa shape index (κ3) is 3.40. The summed E-state index contributed by atoms with van der Waals surface area (Å²) in [6.45, 7) is 14.1. The van der Waals surface area contributed by atoms with Gasteiger partial charge in [0.25, 0.3) is 0 Å². The van der Waals surface area contributed by atoms with E-state index in [0.717, 1.165) is 26.2 Å². The van der Waals surface area contributed by atoms with Crippen molar-refractivity contribution in [2.24, 2.45) is 5.73 Å². The summed E-state index contributed by atoms with van der Waals surface area (Å²) in [4.78, 5) is 5.09. The first-order chi connectivity index (χ1) is 9.52. The van der Waals surface area contributed by atoms with E-state index in [1.807, 2.05) is 0 Å². The van der Waals surface area contributed by atoms with Crippen molar-refractivity contribution >= 4 is 0 Å². The van der Waals surface area contributed by atoms with Crippen molar-refractivity contribution in [2.75, 3.05) is 32.7 Å². The number of rotatable bonds is 4. The monoisotopic (exact) mass is 275 g/mol. The highest BCUT2D eigenvalue weighted by Gasteiger charge is 2.25. The summed E-state index contributed by atoms with van der Waals surface area (Å²) in [6, 6.07) is 7.78. The van der Waals surface area contributed by atoms with Gasteiger partial charge in [0.15, 0.2) is 0 Å². The Hall–Kier alpha value is -0.900. The standard InChI is InChI=1S/C17H29N3/c1-13(2)19-7-9-20(10-8-19)17(12-18)16-6-5-14(3)15(4)11-16/h5-6,11,13,17H,7-10,12,18H2,1-4H3. The third-order valence-electron chi connectivity index (χ3n) is 4.66. The highest BCUT2D eigenvalue weighted by Crippen LogP contribution is 2.23. The van der Waals surface area contributed by atoms with Gasteiger partial charge in [-0.15, -0.1) is 0 Å². The Kier molecular flexibility index (Phi) is 5.19. The van der Waals surface area contributed by atoms with Crippen LogP contribution in [0.25, 0.3) is 0 Å². The number of benzene rings is 1. The van der Waals surface area contributed by atoms with E-state index in [-0.39, 0.29) is 0 Å². The number of nitrogens with zero attached hydrogens (tertiary/aromatic N) is 2. The van der Waals surface area contributed by atoms with E-state index in [0.29, 0.717) is 18.6 Å². The molecule has 0 radical (unpaired) electrons. The Labute approximate surface area is 123 Å². The summed E-state index contributed by atoms with van der Waals surface area (Å²) in [5.41, 5.74) is 10.2. The molecule has 0 amide bonds. The molecule has 1 aliphatic heterocycles. The molecule has 1 fully saturated rings. The molecule has 1 aromatic carbocycles. The summed E-state index contributed by atoms with van der Waals surface area (Å²) in [5.74, 6) is 0. The Morgan fingerprint density at radius 3 is 2.10 bits per heavy atom. The molecule has 0 aromatic heterocycles. The molecular weight excluding hydrogens is 246 g/mol. The third-order valence-corrected chi connectivity index (χ3v) is 4.66. The summed E-state index contributed by atoms with van der Waals surface area (Å²) >= 11 is 0. The summed E-state index contributed by atoms with van der Waals surface area (Å²) in [6.07, 6.45) is 0. The number of piperazine rings is 1. The predicted octanol–water partition coefficient (Wildman–Crippen LogP) is 2.33. The largest absolute Gasteiger partial charge is 0.329 e. The van der Waals surface area contributed by atoms with Crippen molar-refractivity contribution in [1.29, 1.82) is 0 Å². The molecule has 1 atom stereocenters. The number of aryl methyl sites for hydroxylation is 2. The van der Waals surface area contributed by atoms with Crippen LogP contribution in [0.1, 0.15) is 36.6 Å². The van der Waals surface area contributed by atoms with Crippen molar-refractivity contribution in [3.05, 3.63) is 34.9 Å². The van der Waals surface area contributed by atoms with Crippen LogP contribution in [0.15, 0.2) is 18.2 Å². The molecule has 0 saturated carbocycles. The SMILES string of the molecule is Cc1ccc(C(CN)N2CCN(C(C)C)CC2)cc1C. The van der Waals surface area contributed by atoms with E-state index >= 15 is 0 Å². The lowest BCUT2D eigenvalue weighted by atomic mass is 9.99. The van der Waals surface area contributed by atoms with E-state index in [2.05, 4.69) is 55.7 Å². The van der Waals surface area contributed by atoms with Crippen LogP contribution in [0.4, 0.5) is 0 Å². The Balaban J connectivity index is 2.07. The fourth-order valence-electron chi connectivity index (χ4n) is 3.03. The second-order valence-electron chi connectivity index (χ2n) is 6.26. The van der Waals surface area contributed by atoms with Gasteiger partial charge in [-0.1, -0.05) is 18.2 Å². The van der Waals surface area contributed by atoms with Crippen molar-refractivity contribution in [3.8, 4) is 0 Å². The molecule has 0 spiro atoms. The molecule has 0 bridgehead atoms. The van der Waals surface area contributed by atoms with Crippen LogP contribution in [0.3, 0.4) is 0 Å². The average Bonchev–Trinajstić information content (AvgIpc) is 2.44. The normalized spacial score (nSPS) is 19.5. The van der Waals surface area contributed by atoms with Crippen molar-refractivity contribution in [3.63, 3.8) is 0 Å². The lowest BCUT2D eigenvalue weighted by Crippen LogP contribution is -2.50. The molecule has 3 nitrogen and oxygen atoms in total. The first-order valence-corrected chi connectivity index (χ1v) is 7.78. The van der Waals surface area contributed by atoms with E-state index in [1.165, 1.54) is 16.7 Å². The maximum atomic E-state index is 6.06. The highest BCUT2D eigenvalue weighted by molar-refractivity contribution is 5.32. The molecule has 3 heteroatoms. The summed E-state index contributed by atoms with van der Waals surface area (Å²) in [7, 11) is 0. The Morgan fingerprint density at radius 1 is 1.00 bits per heavy atom. The quantitative estimate of drug-likeness (QED) is 0.915. The Morgan fingerprint density at radius 2 is 1.60 bits per heavy atom. The molecule has 1 aliphatic rings. The maximum absolute atomic E-state index is 6.06. The van der Waals surface area contributed by atoms with Gasteiger partial charge in [0.1, 0.15) is 0 Å². The topological polar surface area (TPSA) is 32.5 Å². The average molecular weight is 275 g/mol. The minimum Gasteiger partial charge on any atom is -0.329 e. The second kappa shape index (κ2) is 6.70. The molecule has 1 unspecified atom stereocenters. The molecule has 2 rings (SSSR count). The van der Waals surface area contributed by atoms with Crippen LogP contribution >= 0.6 is 0 Å². The van der Waals surface area contributed by atoms with Gasteiger partial charge in [0, 0.05) is 44.8 Å². The van der Waals surface area contributed by atoms with Crippen LogP contribution < -0.4 is 5.73 Å². The minimum atomic E-state index is 0.364. The first kappa shape index (κ1) is 15.5. The Bertz CT molecular complexity index is 434. The van der Waals surface area contributed by atoms with Gasteiger partial charge in [0.2, 0.25) is 0 Å². The first-order valence-electron chi connectivity index (χ1n) is 7.78. The molecule has 1 aromatic rings. The van der Waals surface area contributed by atoms with E-state index in [1.54, 1.807) is 0 Å². The van der Waals surface area contributed by atoms with Crippen LogP contribution in [0, 0.1) is 13.8 Å². The number of hydrogen-bond acceptors (Lipinski definition) is 3. The van der Waals surface area contributed by atoms with Crippen LogP contribution in [0.5, 0.6) is 0 Å². The van der Waals surface area contributed by atoms with Crippen LogP contribution in [-0.4, -0.2) is 48.6 Å². The number of nitrogens with two attached hydrogens (primary N) is 1. The lowest BCUT2D eigenvalue weighted by Gasteiger charge is -2.40. The van der Waals surface area contributed by atoms with Crippen molar-refractivity contribution in [1.82, 2.24) is 9.80 Å². The van der Waals surface area contributed by atoms with Gasteiger partial charge in [-0.2, -0.15) is 0 Å². The fraction of sp³-hybridized carbons (Fsp3) is 0.647. The van der Waals surface area contributed by atoms with Crippen LogP contribution in [-0.2, 0) is 0 Å². The molecular formula is C17H29N3. The lowest BCUT2D eigenvalue weighted by molar-refractivity contribution is 0.0802.